The van der Waals surface area contributed by atoms with Crippen LogP contribution in [0.5, 0.6) is 0 Å². The van der Waals surface area contributed by atoms with Crippen LogP contribution in [0, 0.1) is 11.8 Å². The van der Waals surface area contributed by atoms with E-state index >= 15 is 0 Å². The van der Waals surface area contributed by atoms with E-state index < -0.39 is 0 Å². The third kappa shape index (κ3) is 4.84. The van der Waals surface area contributed by atoms with Crippen LogP contribution in [-0.2, 0) is 4.79 Å². The first kappa shape index (κ1) is 19.8. The van der Waals surface area contributed by atoms with E-state index in [0.717, 1.165) is 45.2 Å². The molecule has 142 valence electrons. The van der Waals surface area contributed by atoms with E-state index in [-0.39, 0.29) is 5.92 Å². The minimum absolute atomic E-state index is 0.214. The van der Waals surface area contributed by atoms with Gasteiger partial charge in [0.25, 0.3) is 0 Å². The first-order valence-electron chi connectivity index (χ1n) is 9.93. The second kappa shape index (κ2) is 9.28. The predicted molar refractivity (Wildman–Crippen MR) is 110 cm³/mol. The number of carbonyl (C=O) groups excluding carboxylic acids is 1. The molecule has 26 heavy (non-hydrogen) atoms. The normalized spacial score (nSPS) is 26.5. The van der Waals surface area contributed by atoms with Crippen LogP contribution in [-0.4, -0.2) is 23.9 Å². The first-order chi connectivity index (χ1) is 12.6. The van der Waals surface area contributed by atoms with Crippen molar-refractivity contribution in [2.45, 2.75) is 57.3 Å². The minimum Gasteiger partial charge on any atom is -0.342 e. The van der Waals surface area contributed by atoms with E-state index in [1.54, 1.807) is 0 Å². The number of likely N-dealkylation sites (tertiary alicyclic amines) is 1. The van der Waals surface area contributed by atoms with Gasteiger partial charge in [0.15, 0.2) is 0 Å². The van der Waals surface area contributed by atoms with E-state index in [2.05, 4.69) is 17.5 Å². The number of hydrogen-bond acceptors (Lipinski definition) is 1. The molecule has 0 N–H and O–H groups in total. The van der Waals surface area contributed by atoms with Crippen LogP contribution in [0.2, 0.25) is 10.0 Å². The number of rotatable bonds is 5. The molecule has 1 saturated carbocycles. The Morgan fingerprint density at radius 2 is 2.04 bits per heavy atom. The zero-order valence-corrected chi connectivity index (χ0v) is 16.9. The summed E-state index contributed by atoms with van der Waals surface area (Å²) in [7, 11) is 0. The first-order valence-corrected chi connectivity index (χ1v) is 10.7. The molecule has 2 fully saturated rings. The number of amides is 1. The quantitative estimate of drug-likeness (QED) is 0.524. The number of benzene rings is 1. The monoisotopic (exact) mass is 393 g/mol. The van der Waals surface area contributed by atoms with Gasteiger partial charge in [0.05, 0.1) is 10.0 Å². The fraction of sp³-hybridized carbons (Fsp3) is 0.591. The number of piperidine rings is 1. The molecule has 2 nitrogen and oxygen atoms in total. The van der Waals surface area contributed by atoms with Gasteiger partial charge in [-0.15, -0.1) is 6.58 Å². The van der Waals surface area contributed by atoms with Gasteiger partial charge in [-0.05, 0) is 62.1 Å². The average molecular weight is 394 g/mol. The van der Waals surface area contributed by atoms with Crippen LogP contribution < -0.4 is 0 Å². The van der Waals surface area contributed by atoms with Crippen molar-refractivity contribution in [3.05, 3.63) is 46.5 Å². The molecular weight excluding hydrogens is 365 g/mol. The van der Waals surface area contributed by atoms with Gasteiger partial charge in [0.2, 0.25) is 5.91 Å². The molecule has 1 amide bonds. The van der Waals surface area contributed by atoms with Gasteiger partial charge in [-0.2, -0.15) is 0 Å². The van der Waals surface area contributed by atoms with E-state index in [4.69, 9.17) is 23.2 Å². The number of allylic oxidation sites excluding steroid dienone is 1. The molecule has 3 rings (SSSR count). The molecule has 1 aliphatic carbocycles. The van der Waals surface area contributed by atoms with Crippen molar-refractivity contribution in [1.29, 1.82) is 0 Å². The summed E-state index contributed by atoms with van der Waals surface area (Å²) >= 11 is 12.2. The van der Waals surface area contributed by atoms with Gasteiger partial charge in [0.1, 0.15) is 0 Å². The molecule has 3 atom stereocenters. The molecule has 0 bridgehead atoms. The van der Waals surface area contributed by atoms with Crippen molar-refractivity contribution in [3.63, 3.8) is 0 Å². The van der Waals surface area contributed by atoms with Gasteiger partial charge in [-0.3, -0.25) is 4.79 Å². The number of carbonyl (C=O) groups is 1. The van der Waals surface area contributed by atoms with Crippen LogP contribution in [0.3, 0.4) is 0 Å². The van der Waals surface area contributed by atoms with E-state index in [0.29, 0.717) is 27.8 Å². The molecule has 0 spiro atoms. The Morgan fingerprint density at radius 1 is 1.19 bits per heavy atom. The molecule has 1 saturated heterocycles. The van der Waals surface area contributed by atoms with Gasteiger partial charge >= 0.3 is 0 Å². The average Bonchev–Trinajstić information content (AvgIpc) is 2.68. The summed E-state index contributed by atoms with van der Waals surface area (Å²) in [6.07, 6.45) is 11.0. The van der Waals surface area contributed by atoms with Crippen LogP contribution >= 0.6 is 23.2 Å². The summed E-state index contributed by atoms with van der Waals surface area (Å²) < 4.78 is 0. The highest BCUT2D eigenvalue weighted by molar-refractivity contribution is 6.42. The molecule has 0 aromatic heterocycles. The Morgan fingerprint density at radius 3 is 2.81 bits per heavy atom. The van der Waals surface area contributed by atoms with E-state index in [1.807, 2.05) is 18.2 Å². The van der Waals surface area contributed by atoms with Crippen LogP contribution in [0.25, 0.3) is 0 Å². The maximum absolute atomic E-state index is 13.1. The SMILES string of the molecule is C=CCCC1CCCC(C(=O)N2CCCC(c3ccc(Cl)c(Cl)c3)C2)C1. The molecule has 1 aliphatic heterocycles. The Hall–Kier alpha value is -0.990. The summed E-state index contributed by atoms with van der Waals surface area (Å²) in [4.78, 5) is 15.2. The highest BCUT2D eigenvalue weighted by Gasteiger charge is 2.32. The number of nitrogens with zero attached hydrogens (tertiary/aromatic N) is 1. The maximum atomic E-state index is 13.1. The summed E-state index contributed by atoms with van der Waals surface area (Å²) in [6, 6.07) is 5.89. The van der Waals surface area contributed by atoms with Crippen LogP contribution in [0.1, 0.15) is 62.8 Å². The summed E-state index contributed by atoms with van der Waals surface area (Å²) in [6.45, 7) is 5.53. The third-order valence-electron chi connectivity index (χ3n) is 6.06. The molecular formula is C22H29Cl2NO. The fourth-order valence-electron chi connectivity index (χ4n) is 4.60. The van der Waals surface area contributed by atoms with Crippen molar-refractivity contribution >= 4 is 29.1 Å². The Labute approximate surface area is 167 Å². The van der Waals surface area contributed by atoms with Crippen molar-refractivity contribution < 1.29 is 4.79 Å². The number of hydrogen-bond donors (Lipinski definition) is 0. The molecule has 3 unspecified atom stereocenters. The molecule has 1 heterocycles. The zero-order valence-electron chi connectivity index (χ0n) is 15.4. The van der Waals surface area contributed by atoms with Crippen molar-refractivity contribution in [3.8, 4) is 0 Å². The predicted octanol–water partition coefficient (Wildman–Crippen LogP) is 6.47. The van der Waals surface area contributed by atoms with Gasteiger partial charge in [0, 0.05) is 24.9 Å². The smallest absolute Gasteiger partial charge is 0.225 e. The minimum atomic E-state index is 0.214. The Bertz CT molecular complexity index is 645. The Kier molecular flexibility index (Phi) is 7.05. The van der Waals surface area contributed by atoms with Crippen molar-refractivity contribution in [1.82, 2.24) is 4.90 Å². The highest BCUT2D eigenvalue weighted by atomic mass is 35.5. The highest BCUT2D eigenvalue weighted by Crippen LogP contribution is 2.36. The lowest BCUT2D eigenvalue weighted by molar-refractivity contribution is -0.138. The van der Waals surface area contributed by atoms with Crippen LogP contribution in [0.15, 0.2) is 30.9 Å². The van der Waals surface area contributed by atoms with Crippen molar-refractivity contribution in [2.24, 2.45) is 11.8 Å². The number of halogens is 2. The summed E-state index contributed by atoms with van der Waals surface area (Å²) in [5.74, 6) is 1.64. The van der Waals surface area contributed by atoms with Crippen LogP contribution in [0.4, 0.5) is 0 Å². The Balaban J connectivity index is 1.62. The molecule has 0 radical (unpaired) electrons. The van der Waals surface area contributed by atoms with E-state index in [9.17, 15) is 4.79 Å². The summed E-state index contributed by atoms with van der Waals surface area (Å²) in [5.41, 5.74) is 1.20. The van der Waals surface area contributed by atoms with Gasteiger partial charge in [-0.1, -0.05) is 48.2 Å². The van der Waals surface area contributed by atoms with Gasteiger partial charge < -0.3 is 4.90 Å². The third-order valence-corrected chi connectivity index (χ3v) is 6.80. The molecule has 2 aliphatic rings. The summed E-state index contributed by atoms with van der Waals surface area (Å²) in [5, 5.41) is 1.19. The topological polar surface area (TPSA) is 20.3 Å². The molecule has 1 aromatic carbocycles. The lowest BCUT2D eigenvalue weighted by Gasteiger charge is -2.37. The zero-order chi connectivity index (χ0) is 18.5. The van der Waals surface area contributed by atoms with Gasteiger partial charge in [-0.25, -0.2) is 0 Å². The maximum Gasteiger partial charge on any atom is 0.225 e. The lowest BCUT2D eigenvalue weighted by atomic mass is 9.78. The second-order valence-electron chi connectivity index (χ2n) is 7.89. The molecule has 1 aromatic rings. The fourth-order valence-corrected chi connectivity index (χ4v) is 4.91. The largest absolute Gasteiger partial charge is 0.342 e. The molecule has 4 heteroatoms. The lowest BCUT2D eigenvalue weighted by Crippen LogP contribution is -2.43. The van der Waals surface area contributed by atoms with Crippen molar-refractivity contribution in [2.75, 3.05) is 13.1 Å². The standard InChI is InChI=1S/C22H29Cl2NO/c1-2-3-6-16-7-4-8-18(13-16)22(26)25-12-5-9-19(15-25)17-10-11-20(23)21(24)14-17/h2,10-11,14,16,18-19H,1,3-9,12-13,15H2. The second-order valence-corrected chi connectivity index (χ2v) is 8.71. The van der Waals surface area contributed by atoms with E-state index in [1.165, 1.54) is 24.8 Å².